The number of furan rings is 1. The molecule has 2 aromatic rings. The van der Waals surface area contributed by atoms with Crippen molar-refractivity contribution in [1.29, 1.82) is 0 Å². The Morgan fingerprint density at radius 3 is 2.82 bits per heavy atom. The Bertz CT molecular complexity index is 525. The number of amides is 1. The lowest BCUT2D eigenvalue weighted by atomic mass is 10.1. The van der Waals surface area contributed by atoms with E-state index in [-0.39, 0.29) is 11.8 Å². The maximum absolute atomic E-state index is 11.9. The third kappa shape index (κ3) is 2.38. The Balaban J connectivity index is 2.16. The van der Waals surface area contributed by atoms with Gasteiger partial charge in [0.2, 0.25) is 0 Å². The monoisotopic (exact) mass is 234 g/mol. The average Bonchev–Trinajstić information content (AvgIpc) is 2.86. The number of carbonyl (C=O) groups is 1. The average molecular weight is 234 g/mol. The summed E-state index contributed by atoms with van der Waals surface area (Å²) >= 11 is 0. The first-order valence-electron chi connectivity index (χ1n) is 5.39. The highest BCUT2D eigenvalue weighted by Gasteiger charge is 2.16. The minimum absolute atomic E-state index is 0.166. The highest BCUT2D eigenvalue weighted by Crippen LogP contribution is 2.24. The number of aromatic nitrogens is 1. The fraction of sp³-hybridized carbons (Fsp3) is 0.333. The number of hydrogen-bond donors (Lipinski definition) is 1. The minimum atomic E-state index is -0.230. The molecule has 0 unspecified atom stereocenters. The van der Waals surface area contributed by atoms with Crippen LogP contribution in [0, 0.1) is 6.92 Å². The van der Waals surface area contributed by atoms with Crippen molar-refractivity contribution in [3.63, 3.8) is 0 Å². The van der Waals surface area contributed by atoms with Crippen LogP contribution in [0.25, 0.3) is 0 Å². The van der Waals surface area contributed by atoms with E-state index in [4.69, 9.17) is 8.94 Å². The SMILES string of the molecule is Cc1cc(C(=O)Nc2cnoc2C(C)C)co1. The Kier molecular flexibility index (Phi) is 2.99. The molecule has 2 heterocycles. The molecule has 90 valence electrons. The summed E-state index contributed by atoms with van der Waals surface area (Å²) in [5, 5.41) is 6.43. The smallest absolute Gasteiger partial charge is 0.259 e. The number of nitrogens with one attached hydrogen (secondary N) is 1. The summed E-state index contributed by atoms with van der Waals surface area (Å²) in [5.74, 6) is 1.30. The maximum Gasteiger partial charge on any atom is 0.259 e. The second kappa shape index (κ2) is 4.45. The summed E-state index contributed by atoms with van der Waals surface area (Å²) in [6.45, 7) is 5.73. The zero-order valence-electron chi connectivity index (χ0n) is 9.98. The molecule has 5 heteroatoms. The molecule has 0 atom stereocenters. The lowest BCUT2D eigenvalue weighted by Crippen LogP contribution is -2.11. The van der Waals surface area contributed by atoms with Crippen molar-refractivity contribution in [2.24, 2.45) is 0 Å². The van der Waals surface area contributed by atoms with Gasteiger partial charge in [-0.25, -0.2) is 0 Å². The second-order valence-electron chi connectivity index (χ2n) is 4.16. The van der Waals surface area contributed by atoms with Crippen molar-refractivity contribution in [3.8, 4) is 0 Å². The van der Waals surface area contributed by atoms with E-state index in [9.17, 15) is 4.79 Å². The number of aryl methyl sites for hydroxylation is 1. The first-order chi connectivity index (χ1) is 8.08. The van der Waals surface area contributed by atoms with Gasteiger partial charge in [0.25, 0.3) is 5.91 Å². The molecule has 1 amide bonds. The van der Waals surface area contributed by atoms with Crippen LogP contribution in [0.1, 0.15) is 41.6 Å². The van der Waals surface area contributed by atoms with Crippen LogP contribution in [-0.2, 0) is 0 Å². The fourth-order valence-electron chi connectivity index (χ4n) is 1.52. The van der Waals surface area contributed by atoms with Gasteiger partial charge in [0.05, 0.1) is 11.8 Å². The molecule has 0 fully saturated rings. The molecule has 0 aliphatic rings. The van der Waals surface area contributed by atoms with Crippen LogP contribution in [0.5, 0.6) is 0 Å². The standard InChI is InChI=1S/C12H14N2O3/c1-7(2)11-10(5-13-17-11)14-12(15)9-4-8(3)16-6-9/h4-7H,1-3H3,(H,14,15). The largest absolute Gasteiger partial charge is 0.469 e. The Labute approximate surface area is 98.8 Å². The van der Waals surface area contributed by atoms with Gasteiger partial charge in [-0.15, -0.1) is 0 Å². The number of carbonyl (C=O) groups excluding carboxylic acids is 1. The van der Waals surface area contributed by atoms with Gasteiger partial charge in [0, 0.05) is 5.92 Å². The lowest BCUT2D eigenvalue weighted by molar-refractivity contribution is 0.102. The summed E-state index contributed by atoms with van der Waals surface area (Å²) in [6, 6.07) is 1.68. The van der Waals surface area contributed by atoms with Crippen LogP contribution >= 0.6 is 0 Å². The van der Waals surface area contributed by atoms with Crippen molar-refractivity contribution in [1.82, 2.24) is 5.16 Å². The molecular weight excluding hydrogens is 220 g/mol. The Morgan fingerprint density at radius 2 is 2.24 bits per heavy atom. The molecule has 0 saturated heterocycles. The molecule has 2 rings (SSSR count). The maximum atomic E-state index is 11.9. The topological polar surface area (TPSA) is 68.3 Å². The van der Waals surface area contributed by atoms with Crippen molar-refractivity contribution < 1.29 is 13.7 Å². The normalized spacial score (nSPS) is 10.8. The summed E-state index contributed by atoms with van der Waals surface area (Å²) < 4.78 is 10.2. The number of anilines is 1. The zero-order valence-corrected chi connectivity index (χ0v) is 9.98. The van der Waals surface area contributed by atoms with Crippen LogP contribution < -0.4 is 5.32 Å². The van der Waals surface area contributed by atoms with Crippen LogP contribution in [0.3, 0.4) is 0 Å². The van der Waals surface area contributed by atoms with Gasteiger partial charge in [-0.3, -0.25) is 4.79 Å². The highest BCUT2D eigenvalue weighted by atomic mass is 16.5. The first kappa shape index (κ1) is 11.4. The van der Waals surface area contributed by atoms with E-state index in [1.807, 2.05) is 13.8 Å². The molecule has 5 nitrogen and oxygen atoms in total. The number of hydrogen-bond acceptors (Lipinski definition) is 4. The molecule has 2 aromatic heterocycles. The van der Waals surface area contributed by atoms with Gasteiger partial charge in [-0.05, 0) is 13.0 Å². The summed E-state index contributed by atoms with van der Waals surface area (Å²) in [4.78, 5) is 11.9. The minimum Gasteiger partial charge on any atom is -0.469 e. The zero-order chi connectivity index (χ0) is 12.4. The molecule has 0 aliphatic carbocycles. The van der Waals surface area contributed by atoms with Crippen LogP contribution in [0.2, 0.25) is 0 Å². The third-order valence-electron chi connectivity index (χ3n) is 2.36. The molecule has 0 aromatic carbocycles. The van der Waals surface area contributed by atoms with E-state index in [0.29, 0.717) is 22.8 Å². The number of nitrogens with zero attached hydrogens (tertiary/aromatic N) is 1. The Hall–Kier alpha value is -2.04. The predicted octanol–water partition coefficient (Wildman–Crippen LogP) is 2.95. The van der Waals surface area contributed by atoms with Gasteiger partial charge < -0.3 is 14.3 Å². The molecule has 0 saturated carbocycles. The van der Waals surface area contributed by atoms with Gasteiger partial charge >= 0.3 is 0 Å². The van der Waals surface area contributed by atoms with Gasteiger partial charge in [0.1, 0.15) is 17.7 Å². The Morgan fingerprint density at radius 1 is 1.47 bits per heavy atom. The molecule has 0 radical (unpaired) electrons. The van der Waals surface area contributed by atoms with E-state index in [1.165, 1.54) is 12.5 Å². The lowest BCUT2D eigenvalue weighted by Gasteiger charge is -2.04. The number of rotatable bonds is 3. The van der Waals surface area contributed by atoms with Crippen LogP contribution in [-0.4, -0.2) is 11.1 Å². The van der Waals surface area contributed by atoms with Crippen molar-refractivity contribution in [2.75, 3.05) is 5.32 Å². The quantitative estimate of drug-likeness (QED) is 0.886. The third-order valence-corrected chi connectivity index (χ3v) is 2.36. The molecule has 17 heavy (non-hydrogen) atoms. The second-order valence-corrected chi connectivity index (χ2v) is 4.16. The first-order valence-corrected chi connectivity index (χ1v) is 5.39. The molecular formula is C12H14N2O3. The van der Waals surface area contributed by atoms with Gasteiger partial charge in [0.15, 0.2) is 5.76 Å². The summed E-state index contributed by atoms with van der Waals surface area (Å²) in [6.07, 6.45) is 2.92. The van der Waals surface area contributed by atoms with E-state index >= 15 is 0 Å². The highest BCUT2D eigenvalue weighted by molar-refractivity contribution is 6.04. The van der Waals surface area contributed by atoms with Gasteiger partial charge in [-0.1, -0.05) is 19.0 Å². The van der Waals surface area contributed by atoms with E-state index < -0.39 is 0 Å². The molecule has 0 spiro atoms. The van der Waals surface area contributed by atoms with Gasteiger partial charge in [-0.2, -0.15) is 0 Å². The van der Waals surface area contributed by atoms with Crippen molar-refractivity contribution >= 4 is 11.6 Å². The molecule has 0 aliphatic heterocycles. The van der Waals surface area contributed by atoms with Crippen molar-refractivity contribution in [3.05, 3.63) is 35.6 Å². The van der Waals surface area contributed by atoms with Crippen LogP contribution in [0.4, 0.5) is 5.69 Å². The predicted molar refractivity (Wildman–Crippen MR) is 62.0 cm³/mol. The summed E-state index contributed by atoms with van der Waals surface area (Å²) in [7, 11) is 0. The van der Waals surface area contributed by atoms with E-state index in [0.717, 1.165) is 0 Å². The van der Waals surface area contributed by atoms with Crippen molar-refractivity contribution in [2.45, 2.75) is 26.7 Å². The van der Waals surface area contributed by atoms with E-state index in [2.05, 4.69) is 10.5 Å². The molecule has 1 N–H and O–H groups in total. The summed E-state index contributed by atoms with van der Waals surface area (Å²) in [5.41, 5.74) is 1.09. The van der Waals surface area contributed by atoms with E-state index in [1.54, 1.807) is 13.0 Å². The van der Waals surface area contributed by atoms with Crippen LogP contribution in [0.15, 0.2) is 27.5 Å². The molecule has 0 bridgehead atoms. The fourth-order valence-corrected chi connectivity index (χ4v) is 1.52.